The largest absolute Gasteiger partial charge is 0.481 e. The molecule has 2 amide bonds. The van der Waals surface area contributed by atoms with E-state index in [9.17, 15) is 19.5 Å². The van der Waals surface area contributed by atoms with Crippen molar-refractivity contribution >= 4 is 18.0 Å². The lowest BCUT2D eigenvalue weighted by Crippen LogP contribution is -2.53. The zero-order valence-corrected chi connectivity index (χ0v) is 29.4. The van der Waals surface area contributed by atoms with Crippen molar-refractivity contribution in [2.24, 2.45) is 5.92 Å². The van der Waals surface area contributed by atoms with Crippen molar-refractivity contribution in [3.05, 3.63) is 36.0 Å². The van der Waals surface area contributed by atoms with Crippen LogP contribution < -0.4 is 5.32 Å². The predicted molar refractivity (Wildman–Crippen MR) is 178 cm³/mol. The number of carboxylic acid groups (broad SMARTS) is 1. The van der Waals surface area contributed by atoms with E-state index in [2.05, 4.69) is 18.3 Å². The number of ether oxygens (including phenoxy) is 6. The summed E-state index contributed by atoms with van der Waals surface area (Å²) in [6.07, 6.45) is 11.1. The average molecular weight is 677 g/mol. The lowest BCUT2D eigenvalue weighted by molar-refractivity contribution is -0.227. The molecule has 4 aliphatic rings. The molecule has 12 heteroatoms. The Morgan fingerprint density at radius 2 is 1.83 bits per heavy atom. The molecule has 4 fully saturated rings. The smallest absolute Gasteiger partial charge is 0.410 e. The van der Waals surface area contributed by atoms with Gasteiger partial charge in [0.2, 0.25) is 5.91 Å². The first kappa shape index (κ1) is 38.0. The Labute approximate surface area is 285 Å². The van der Waals surface area contributed by atoms with Crippen LogP contribution in [0.1, 0.15) is 86.5 Å². The number of hydrogen-bond donors (Lipinski definition) is 2. The summed E-state index contributed by atoms with van der Waals surface area (Å²) in [5, 5.41) is 12.4. The quantitative estimate of drug-likeness (QED) is 0.113. The molecule has 4 heterocycles. The van der Waals surface area contributed by atoms with Gasteiger partial charge in [0.1, 0.15) is 23.9 Å². The number of carbonyl (C=O) groups excluding carboxylic acids is 2. The van der Waals surface area contributed by atoms with Crippen molar-refractivity contribution in [3.63, 3.8) is 0 Å². The van der Waals surface area contributed by atoms with E-state index < -0.39 is 42.3 Å². The van der Waals surface area contributed by atoms with Crippen LogP contribution in [0.4, 0.5) is 4.79 Å². The van der Waals surface area contributed by atoms with Crippen molar-refractivity contribution in [2.45, 2.75) is 141 Å². The summed E-state index contributed by atoms with van der Waals surface area (Å²) in [6, 6.07) is -0.139. The summed E-state index contributed by atoms with van der Waals surface area (Å²) < 4.78 is 35.7. The van der Waals surface area contributed by atoms with Gasteiger partial charge in [-0.1, -0.05) is 30.7 Å². The van der Waals surface area contributed by atoms with Crippen molar-refractivity contribution in [3.8, 4) is 0 Å². The number of likely N-dealkylation sites (tertiary alicyclic amines) is 1. The molecular weight excluding hydrogens is 620 g/mol. The second-order valence-corrected chi connectivity index (χ2v) is 13.7. The molecule has 0 aromatic heterocycles. The number of rotatable bonds is 14. The number of carboxylic acids is 1. The molecular formula is C36H56N2O10. The van der Waals surface area contributed by atoms with Crippen LogP contribution in [0.15, 0.2) is 36.0 Å². The number of piperidine rings is 1. The molecule has 1 unspecified atom stereocenters. The van der Waals surface area contributed by atoms with E-state index in [1.807, 2.05) is 39.8 Å². The monoisotopic (exact) mass is 676 g/mol. The molecule has 10 atom stereocenters. The summed E-state index contributed by atoms with van der Waals surface area (Å²) >= 11 is 0. The Bertz CT molecular complexity index is 1180. The van der Waals surface area contributed by atoms with Crippen LogP contribution in [0.5, 0.6) is 0 Å². The summed E-state index contributed by atoms with van der Waals surface area (Å²) in [7, 11) is 0. The third kappa shape index (κ3) is 11.1. The van der Waals surface area contributed by atoms with Crippen LogP contribution in [0.25, 0.3) is 0 Å². The molecule has 12 nitrogen and oxygen atoms in total. The highest BCUT2D eigenvalue weighted by atomic mass is 16.7. The van der Waals surface area contributed by atoms with Crippen LogP contribution in [0.2, 0.25) is 0 Å². The van der Waals surface area contributed by atoms with Crippen molar-refractivity contribution < 1.29 is 47.9 Å². The van der Waals surface area contributed by atoms with Gasteiger partial charge in [-0.05, 0) is 78.7 Å². The fourth-order valence-electron chi connectivity index (χ4n) is 6.79. The van der Waals surface area contributed by atoms with Gasteiger partial charge in [0.15, 0.2) is 6.29 Å². The van der Waals surface area contributed by atoms with Gasteiger partial charge < -0.3 is 43.7 Å². The highest BCUT2D eigenvalue weighted by Crippen LogP contribution is 2.45. The third-order valence-electron chi connectivity index (χ3n) is 9.58. The summed E-state index contributed by atoms with van der Waals surface area (Å²) in [4.78, 5) is 38.2. The number of carbonyl (C=O) groups is 3. The number of aliphatic carboxylic acids is 1. The van der Waals surface area contributed by atoms with E-state index in [1.54, 1.807) is 17.9 Å². The van der Waals surface area contributed by atoms with Gasteiger partial charge in [0.05, 0.1) is 37.4 Å². The molecule has 1 spiro atoms. The fourth-order valence-corrected chi connectivity index (χ4v) is 6.79. The van der Waals surface area contributed by atoms with E-state index in [0.717, 1.165) is 31.3 Å². The van der Waals surface area contributed by atoms with Crippen LogP contribution >= 0.6 is 0 Å². The van der Waals surface area contributed by atoms with Crippen LogP contribution in [-0.2, 0) is 38.0 Å². The maximum atomic E-state index is 12.7. The molecule has 4 rings (SSSR count). The van der Waals surface area contributed by atoms with Gasteiger partial charge in [0, 0.05) is 32.2 Å². The average Bonchev–Trinajstić information content (AvgIpc) is 3.81. The minimum Gasteiger partial charge on any atom is -0.481 e. The molecule has 0 radical (unpaired) electrons. The normalized spacial score (nSPS) is 33.9. The molecule has 4 aliphatic heterocycles. The molecule has 4 saturated heterocycles. The Kier molecular flexibility index (Phi) is 14.1. The summed E-state index contributed by atoms with van der Waals surface area (Å²) in [6.45, 7) is 14.0. The highest BCUT2D eigenvalue weighted by molar-refractivity contribution is 5.87. The van der Waals surface area contributed by atoms with Crippen molar-refractivity contribution in [1.29, 1.82) is 0 Å². The second kappa shape index (κ2) is 17.8. The molecule has 0 aromatic rings. The standard InChI is InChI=1S/C36H56N2O10/c1-7-43-27(6)47-34-31(48-28(20-33(40)41)21-36(34)22-44-36)15-12-23(2)11-14-30-24(3)19-29(26(5)46-30)37-32(39)16-13-25(4)45-35(42)38-17-9-8-10-18-38/h11-13,15-16,24-31,34H,7-10,14,17-22H2,1-6H3,(H,37,39)(H,40,41)/b15-12+,16-13-,23-11+/t24-,25-,26+,27?,28+,29+,30-,31+,34+,36+/m0/s1. The van der Waals surface area contributed by atoms with Crippen LogP contribution in [-0.4, -0.2) is 109 Å². The Morgan fingerprint density at radius 3 is 2.50 bits per heavy atom. The maximum Gasteiger partial charge on any atom is 0.410 e. The Balaban J connectivity index is 1.27. The lowest BCUT2D eigenvalue weighted by atomic mass is 9.87. The summed E-state index contributed by atoms with van der Waals surface area (Å²) in [5.74, 6) is -0.947. The van der Waals surface area contributed by atoms with E-state index in [1.165, 1.54) is 6.08 Å². The number of nitrogens with one attached hydrogen (secondary N) is 1. The van der Waals surface area contributed by atoms with Gasteiger partial charge in [-0.3, -0.25) is 9.59 Å². The molecule has 270 valence electrons. The van der Waals surface area contributed by atoms with Crippen LogP contribution in [0.3, 0.4) is 0 Å². The number of hydrogen-bond acceptors (Lipinski definition) is 9. The van der Waals surface area contributed by atoms with Gasteiger partial charge in [-0.2, -0.15) is 0 Å². The number of epoxide rings is 1. The van der Waals surface area contributed by atoms with Gasteiger partial charge in [-0.15, -0.1) is 0 Å². The maximum absolute atomic E-state index is 12.7. The highest BCUT2D eigenvalue weighted by Gasteiger charge is 2.60. The van der Waals surface area contributed by atoms with Crippen molar-refractivity contribution in [1.82, 2.24) is 10.2 Å². The zero-order valence-electron chi connectivity index (χ0n) is 29.4. The molecule has 0 bridgehead atoms. The first-order valence-electron chi connectivity index (χ1n) is 17.6. The number of nitrogens with zero attached hydrogens (tertiary/aromatic N) is 1. The van der Waals surface area contributed by atoms with Crippen LogP contribution in [0, 0.1) is 5.92 Å². The first-order valence-corrected chi connectivity index (χ1v) is 17.6. The molecule has 2 N–H and O–H groups in total. The summed E-state index contributed by atoms with van der Waals surface area (Å²) in [5.41, 5.74) is 0.442. The number of allylic oxidation sites excluding steroid dienone is 2. The predicted octanol–water partition coefficient (Wildman–Crippen LogP) is 4.91. The SMILES string of the molecule is CCOC(C)O[C@@H]1[C@@H](/C=C/C(C)=C/C[C@@H]2O[C@H](C)[C@H](NC(=O)/C=C\[C@H](C)OC(=O)N3CCCCC3)C[C@@H]2C)O[C@H](CC(=O)O)C[C@@]12CO2. The van der Waals surface area contributed by atoms with Gasteiger partial charge in [0.25, 0.3) is 0 Å². The zero-order chi connectivity index (χ0) is 34.8. The third-order valence-corrected chi connectivity index (χ3v) is 9.58. The molecule has 48 heavy (non-hydrogen) atoms. The molecule has 0 aromatic carbocycles. The first-order chi connectivity index (χ1) is 22.9. The van der Waals surface area contributed by atoms with E-state index >= 15 is 0 Å². The second-order valence-electron chi connectivity index (χ2n) is 13.7. The molecule has 0 aliphatic carbocycles. The van der Waals surface area contributed by atoms with E-state index in [0.29, 0.717) is 39.1 Å². The minimum atomic E-state index is -0.911. The Morgan fingerprint density at radius 1 is 1.10 bits per heavy atom. The Hall–Kier alpha value is -2.77. The van der Waals surface area contributed by atoms with E-state index in [4.69, 9.17) is 28.4 Å². The molecule has 0 saturated carbocycles. The van der Waals surface area contributed by atoms with Gasteiger partial charge in [-0.25, -0.2) is 4.79 Å². The minimum absolute atomic E-state index is 0.0154. The van der Waals surface area contributed by atoms with E-state index in [-0.39, 0.29) is 42.6 Å². The topological polar surface area (TPSA) is 145 Å². The number of amides is 2. The fraction of sp³-hybridized carbons (Fsp3) is 0.750. The van der Waals surface area contributed by atoms with Crippen molar-refractivity contribution in [2.75, 3.05) is 26.3 Å². The lowest BCUT2D eigenvalue weighted by Gasteiger charge is -2.40. The van der Waals surface area contributed by atoms with Gasteiger partial charge >= 0.3 is 12.1 Å².